The second kappa shape index (κ2) is 9.36. The van der Waals surface area contributed by atoms with Crippen molar-refractivity contribution in [3.8, 4) is 5.75 Å². The molecule has 1 saturated carbocycles. The number of carbonyl (C=O) groups excluding carboxylic acids is 1. The van der Waals surface area contributed by atoms with Crippen molar-refractivity contribution in [1.82, 2.24) is 9.88 Å². The Balaban J connectivity index is 1.59. The molecule has 8 heteroatoms. The highest BCUT2D eigenvalue weighted by atomic mass is 19.4. The van der Waals surface area contributed by atoms with Crippen LogP contribution in [0.4, 0.5) is 13.2 Å². The third-order valence-electron chi connectivity index (χ3n) is 5.59. The van der Waals surface area contributed by atoms with Crippen LogP contribution in [-0.4, -0.2) is 30.3 Å². The van der Waals surface area contributed by atoms with Gasteiger partial charge in [0, 0.05) is 12.7 Å². The van der Waals surface area contributed by atoms with Crippen molar-refractivity contribution < 1.29 is 22.7 Å². The van der Waals surface area contributed by atoms with E-state index < -0.39 is 24.2 Å². The van der Waals surface area contributed by atoms with Crippen molar-refractivity contribution in [3.05, 3.63) is 64.1 Å². The first-order chi connectivity index (χ1) is 14.3. The number of halogens is 3. The lowest BCUT2D eigenvalue weighted by Crippen LogP contribution is -2.34. The first-order valence-electron chi connectivity index (χ1n) is 9.96. The Hall–Kier alpha value is -2.77. The maximum absolute atomic E-state index is 12.6. The van der Waals surface area contributed by atoms with Crippen LogP contribution in [0.2, 0.25) is 0 Å². The summed E-state index contributed by atoms with van der Waals surface area (Å²) in [5, 5.41) is 2.80. The van der Waals surface area contributed by atoms with Crippen molar-refractivity contribution in [2.75, 3.05) is 13.7 Å². The van der Waals surface area contributed by atoms with Crippen molar-refractivity contribution in [1.29, 1.82) is 0 Å². The SMILES string of the molecule is COc1c(C(=O)NCC2CCC(c3ccccc3)CC2)ccn(CC(F)(F)F)c1=O. The van der Waals surface area contributed by atoms with Crippen LogP contribution in [0.3, 0.4) is 0 Å². The van der Waals surface area contributed by atoms with Crippen molar-refractivity contribution >= 4 is 5.91 Å². The van der Waals surface area contributed by atoms with Gasteiger partial charge in [0.25, 0.3) is 11.5 Å². The molecule has 1 amide bonds. The molecule has 1 aliphatic carbocycles. The highest BCUT2D eigenvalue weighted by Gasteiger charge is 2.30. The maximum Gasteiger partial charge on any atom is 0.406 e. The summed E-state index contributed by atoms with van der Waals surface area (Å²) < 4.78 is 43.2. The van der Waals surface area contributed by atoms with Crippen LogP contribution in [0.25, 0.3) is 0 Å². The van der Waals surface area contributed by atoms with Gasteiger partial charge in [0.2, 0.25) is 0 Å². The van der Waals surface area contributed by atoms with Crippen LogP contribution in [0.5, 0.6) is 5.75 Å². The Kier molecular flexibility index (Phi) is 6.84. The van der Waals surface area contributed by atoms with Gasteiger partial charge in [-0.2, -0.15) is 13.2 Å². The van der Waals surface area contributed by atoms with E-state index in [4.69, 9.17) is 4.74 Å². The first-order valence-corrected chi connectivity index (χ1v) is 9.96. The molecule has 0 saturated heterocycles. The molecular formula is C22H25F3N2O3. The number of ether oxygens (including phenoxy) is 1. The maximum atomic E-state index is 12.6. The molecule has 0 bridgehead atoms. The minimum Gasteiger partial charge on any atom is -0.491 e. The molecule has 1 N–H and O–H groups in total. The van der Waals surface area contributed by atoms with Gasteiger partial charge in [0.15, 0.2) is 5.75 Å². The molecule has 3 rings (SSSR count). The van der Waals surface area contributed by atoms with E-state index >= 15 is 0 Å². The smallest absolute Gasteiger partial charge is 0.406 e. The number of nitrogens with zero attached hydrogens (tertiary/aromatic N) is 1. The van der Waals surface area contributed by atoms with E-state index in [0.29, 0.717) is 22.9 Å². The summed E-state index contributed by atoms with van der Waals surface area (Å²) in [4.78, 5) is 24.8. The predicted octanol–water partition coefficient (Wildman–Crippen LogP) is 4.12. The lowest BCUT2D eigenvalue weighted by atomic mass is 9.78. The summed E-state index contributed by atoms with van der Waals surface area (Å²) in [5.41, 5.74) is 0.300. The molecule has 0 aliphatic heterocycles. The zero-order chi connectivity index (χ0) is 21.7. The zero-order valence-corrected chi connectivity index (χ0v) is 16.7. The zero-order valence-electron chi connectivity index (χ0n) is 16.7. The number of aromatic nitrogens is 1. The van der Waals surface area contributed by atoms with E-state index in [1.807, 2.05) is 18.2 Å². The molecule has 1 aromatic carbocycles. The average Bonchev–Trinajstić information content (AvgIpc) is 2.73. The summed E-state index contributed by atoms with van der Waals surface area (Å²) in [6.45, 7) is -0.982. The second-order valence-corrected chi connectivity index (χ2v) is 7.65. The van der Waals surface area contributed by atoms with Gasteiger partial charge < -0.3 is 14.6 Å². The number of rotatable bonds is 6. The lowest BCUT2D eigenvalue weighted by molar-refractivity contribution is -0.141. The number of hydrogen-bond acceptors (Lipinski definition) is 3. The Bertz CT molecular complexity index is 917. The fourth-order valence-corrected chi connectivity index (χ4v) is 4.00. The number of alkyl halides is 3. The number of pyridine rings is 1. The minimum absolute atomic E-state index is 0.0566. The molecule has 1 fully saturated rings. The Morgan fingerprint density at radius 3 is 2.40 bits per heavy atom. The number of methoxy groups -OCH3 is 1. The number of carbonyl (C=O) groups is 1. The van der Waals surface area contributed by atoms with Gasteiger partial charge in [0.05, 0.1) is 12.7 Å². The van der Waals surface area contributed by atoms with Crippen LogP contribution in [0.15, 0.2) is 47.4 Å². The van der Waals surface area contributed by atoms with Gasteiger partial charge in [-0.3, -0.25) is 9.59 Å². The molecular weight excluding hydrogens is 397 g/mol. The fourth-order valence-electron chi connectivity index (χ4n) is 4.00. The number of amides is 1. The molecule has 2 aromatic rings. The normalized spacial score (nSPS) is 19.3. The highest BCUT2D eigenvalue weighted by Crippen LogP contribution is 2.35. The van der Waals surface area contributed by atoms with Crippen molar-refractivity contribution in [2.45, 2.75) is 44.3 Å². The molecule has 1 aromatic heterocycles. The Labute approximate surface area is 172 Å². The third kappa shape index (κ3) is 5.43. The number of hydrogen-bond donors (Lipinski definition) is 1. The van der Waals surface area contributed by atoms with Crippen LogP contribution < -0.4 is 15.6 Å². The van der Waals surface area contributed by atoms with E-state index in [1.165, 1.54) is 11.6 Å². The van der Waals surface area contributed by atoms with Gasteiger partial charge >= 0.3 is 6.18 Å². The largest absolute Gasteiger partial charge is 0.491 e. The van der Waals surface area contributed by atoms with Gasteiger partial charge in [-0.15, -0.1) is 0 Å². The molecule has 0 unspecified atom stereocenters. The van der Waals surface area contributed by atoms with E-state index in [9.17, 15) is 22.8 Å². The summed E-state index contributed by atoms with van der Waals surface area (Å²) in [6.07, 6.45) is 0.465. The van der Waals surface area contributed by atoms with Crippen LogP contribution in [0.1, 0.15) is 47.5 Å². The molecule has 0 radical (unpaired) electrons. The summed E-state index contributed by atoms with van der Waals surface area (Å²) in [6, 6.07) is 11.5. The fraction of sp³-hybridized carbons (Fsp3) is 0.455. The summed E-state index contributed by atoms with van der Waals surface area (Å²) >= 11 is 0. The van der Waals surface area contributed by atoms with Crippen molar-refractivity contribution in [3.63, 3.8) is 0 Å². The standard InChI is InChI=1S/C22H25F3N2O3/c1-30-19-18(11-12-27(21(19)29)14-22(23,24)25)20(28)26-13-15-7-9-17(10-8-15)16-5-3-2-4-6-16/h2-6,11-12,15,17H,7-10,13-14H2,1H3,(H,26,28). The molecule has 30 heavy (non-hydrogen) atoms. The van der Waals surface area contributed by atoms with E-state index in [-0.39, 0.29) is 11.3 Å². The van der Waals surface area contributed by atoms with Crippen LogP contribution in [0, 0.1) is 5.92 Å². The van der Waals surface area contributed by atoms with E-state index in [2.05, 4.69) is 17.4 Å². The molecule has 1 aliphatic rings. The van der Waals surface area contributed by atoms with E-state index in [1.54, 1.807) is 0 Å². The van der Waals surface area contributed by atoms with Gasteiger partial charge in [-0.1, -0.05) is 30.3 Å². The summed E-state index contributed by atoms with van der Waals surface area (Å²) in [7, 11) is 1.16. The number of nitrogens with one attached hydrogen (secondary N) is 1. The average molecular weight is 422 g/mol. The van der Waals surface area contributed by atoms with E-state index in [0.717, 1.165) is 39.0 Å². The summed E-state index contributed by atoms with van der Waals surface area (Å²) in [5.74, 6) is -0.0506. The quantitative estimate of drug-likeness (QED) is 0.762. The molecule has 0 atom stereocenters. The topological polar surface area (TPSA) is 60.3 Å². The van der Waals surface area contributed by atoms with Crippen molar-refractivity contribution in [2.24, 2.45) is 5.92 Å². The molecule has 0 spiro atoms. The van der Waals surface area contributed by atoms with Crippen LogP contribution in [-0.2, 0) is 6.54 Å². The minimum atomic E-state index is -4.54. The molecule has 1 heterocycles. The Morgan fingerprint density at radius 1 is 1.13 bits per heavy atom. The van der Waals surface area contributed by atoms with Gasteiger partial charge in [0.1, 0.15) is 6.54 Å². The lowest BCUT2D eigenvalue weighted by Gasteiger charge is -2.29. The monoisotopic (exact) mass is 422 g/mol. The van der Waals surface area contributed by atoms with Crippen LogP contribution >= 0.6 is 0 Å². The highest BCUT2D eigenvalue weighted by molar-refractivity contribution is 5.96. The molecule has 162 valence electrons. The second-order valence-electron chi connectivity index (χ2n) is 7.65. The predicted molar refractivity (Wildman–Crippen MR) is 107 cm³/mol. The third-order valence-corrected chi connectivity index (χ3v) is 5.59. The number of benzene rings is 1. The van der Waals surface area contributed by atoms with Gasteiger partial charge in [-0.05, 0) is 49.1 Å². The molecule has 5 nitrogen and oxygen atoms in total. The first kappa shape index (κ1) is 21.9. The van der Waals surface area contributed by atoms with Gasteiger partial charge in [-0.25, -0.2) is 0 Å². The Morgan fingerprint density at radius 2 is 1.80 bits per heavy atom.